The van der Waals surface area contributed by atoms with Gasteiger partial charge in [0.15, 0.2) is 0 Å². The van der Waals surface area contributed by atoms with E-state index in [1.807, 2.05) is 0 Å². The van der Waals surface area contributed by atoms with Gasteiger partial charge in [-0.25, -0.2) is 0 Å². The van der Waals surface area contributed by atoms with E-state index in [2.05, 4.69) is 38.2 Å². The fraction of sp³-hybridized carbons (Fsp3) is 0.818. The van der Waals surface area contributed by atoms with E-state index in [-0.39, 0.29) is 0 Å². The Morgan fingerprint density at radius 2 is 0.826 bits per heavy atom. The predicted octanol–water partition coefficient (Wildman–Crippen LogP) is 7.62. The molecule has 0 aromatic heterocycles. The van der Waals surface area contributed by atoms with Crippen LogP contribution in [0.5, 0.6) is 0 Å². The fourth-order valence-corrected chi connectivity index (χ4v) is 2.78. The van der Waals surface area contributed by atoms with Crippen LogP contribution in [0.2, 0.25) is 0 Å². The molecule has 0 atom stereocenters. The van der Waals surface area contributed by atoms with E-state index < -0.39 is 0 Å². The van der Waals surface area contributed by atoms with Crippen LogP contribution >= 0.6 is 0 Å². The molecule has 0 rings (SSSR count). The first-order chi connectivity index (χ1) is 11.4. The maximum Gasteiger partial charge on any atom is 0.0466 e. The summed E-state index contributed by atoms with van der Waals surface area (Å²) in [7, 11) is 0. The molecule has 0 aromatic rings. The highest BCUT2D eigenvalue weighted by Crippen LogP contribution is 2.09. The highest BCUT2D eigenvalue weighted by Gasteiger charge is 1.94. The Morgan fingerprint density at radius 3 is 1.22 bits per heavy atom. The molecular formula is C22H42O. The minimum Gasteiger partial charge on any atom is -0.381 e. The van der Waals surface area contributed by atoms with E-state index in [1.54, 1.807) is 0 Å². The molecule has 0 amide bonds. The Bertz CT molecular complexity index is 229. The molecule has 1 nitrogen and oxygen atoms in total. The molecule has 23 heavy (non-hydrogen) atoms. The van der Waals surface area contributed by atoms with Crippen LogP contribution in [0.25, 0.3) is 0 Å². The lowest BCUT2D eigenvalue weighted by Gasteiger charge is -2.05. The third-order valence-electron chi connectivity index (χ3n) is 4.29. The third kappa shape index (κ3) is 21.4. The van der Waals surface area contributed by atoms with Crippen molar-refractivity contribution < 1.29 is 4.74 Å². The maximum absolute atomic E-state index is 5.73. The number of hydrogen-bond acceptors (Lipinski definition) is 1. The van der Waals surface area contributed by atoms with Gasteiger partial charge in [-0.05, 0) is 52.4 Å². The van der Waals surface area contributed by atoms with Gasteiger partial charge in [-0.1, -0.05) is 75.7 Å². The lowest BCUT2D eigenvalue weighted by atomic mass is 10.1. The van der Waals surface area contributed by atoms with Gasteiger partial charge in [0.05, 0.1) is 0 Å². The van der Waals surface area contributed by atoms with E-state index in [0.29, 0.717) is 0 Å². The van der Waals surface area contributed by atoms with E-state index in [4.69, 9.17) is 4.74 Å². The van der Waals surface area contributed by atoms with Gasteiger partial charge in [0.25, 0.3) is 0 Å². The summed E-state index contributed by atoms with van der Waals surface area (Å²) in [6.45, 7) is 6.16. The molecule has 0 heterocycles. The molecule has 1 heteroatoms. The van der Waals surface area contributed by atoms with Crippen molar-refractivity contribution in [2.24, 2.45) is 0 Å². The van der Waals surface area contributed by atoms with Gasteiger partial charge in [0.1, 0.15) is 0 Å². The first-order valence-electron chi connectivity index (χ1n) is 10.2. The highest BCUT2D eigenvalue weighted by molar-refractivity contribution is 4.76. The third-order valence-corrected chi connectivity index (χ3v) is 4.29. The van der Waals surface area contributed by atoms with Crippen molar-refractivity contribution in [3.05, 3.63) is 24.3 Å². The largest absolute Gasteiger partial charge is 0.381 e. The molecule has 136 valence electrons. The average molecular weight is 323 g/mol. The molecular weight excluding hydrogens is 280 g/mol. The van der Waals surface area contributed by atoms with Crippen LogP contribution in [-0.2, 0) is 4.74 Å². The summed E-state index contributed by atoms with van der Waals surface area (Å²) >= 11 is 0. The number of hydrogen-bond donors (Lipinski definition) is 0. The van der Waals surface area contributed by atoms with E-state index in [9.17, 15) is 0 Å². The van der Waals surface area contributed by atoms with Crippen LogP contribution in [-0.4, -0.2) is 13.2 Å². The molecule has 0 aliphatic rings. The van der Waals surface area contributed by atoms with Gasteiger partial charge in [-0.2, -0.15) is 0 Å². The predicted molar refractivity (Wildman–Crippen MR) is 105 cm³/mol. The molecule has 0 saturated carbocycles. The fourth-order valence-electron chi connectivity index (χ4n) is 2.78. The van der Waals surface area contributed by atoms with Gasteiger partial charge in [-0.3, -0.25) is 0 Å². The standard InChI is InChI=1S/C22H42O/c1-3-5-7-9-11-13-15-17-19-21-23-22-20-18-16-14-12-10-8-6-4-2/h3-6H,7-22H2,1-2H3. The molecule has 0 aliphatic carbocycles. The zero-order chi connectivity index (χ0) is 16.8. The van der Waals surface area contributed by atoms with Gasteiger partial charge >= 0.3 is 0 Å². The Kier molecular flexibility index (Phi) is 20.9. The van der Waals surface area contributed by atoms with Crippen molar-refractivity contribution in [3.63, 3.8) is 0 Å². The van der Waals surface area contributed by atoms with Crippen molar-refractivity contribution in [2.75, 3.05) is 13.2 Å². The summed E-state index contributed by atoms with van der Waals surface area (Å²) < 4.78 is 5.73. The Labute approximate surface area is 146 Å². The van der Waals surface area contributed by atoms with Crippen molar-refractivity contribution in [1.29, 1.82) is 0 Å². The number of rotatable bonds is 18. The summed E-state index contributed by atoms with van der Waals surface area (Å²) in [6.07, 6.45) is 27.6. The second-order valence-electron chi connectivity index (χ2n) is 6.57. The lowest BCUT2D eigenvalue weighted by molar-refractivity contribution is 0.125. The topological polar surface area (TPSA) is 9.23 Å². The molecule has 0 bridgehead atoms. The van der Waals surface area contributed by atoms with Crippen molar-refractivity contribution in [3.8, 4) is 0 Å². The van der Waals surface area contributed by atoms with E-state index >= 15 is 0 Å². The van der Waals surface area contributed by atoms with Gasteiger partial charge < -0.3 is 4.74 Å². The Hall–Kier alpha value is -0.560. The molecule has 0 fully saturated rings. The molecule has 0 saturated heterocycles. The van der Waals surface area contributed by atoms with Crippen LogP contribution in [0, 0.1) is 0 Å². The van der Waals surface area contributed by atoms with Crippen molar-refractivity contribution >= 4 is 0 Å². The zero-order valence-corrected chi connectivity index (χ0v) is 16.0. The van der Waals surface area contributed by atoms with Crippen molar-refractivity contribution in [2.45, 2.75) is 104 Å². The Balaban J connectivity index is 2.97. The second kappa shape index (κ2) is 21.4. The molecule has 0 spiro atoms. The molecule has 0 aromatic carbocycles. The maximum atomic E-state index is 5.73. The first-order valence-corrected chi connectivity index (χ1v) is 10.2. The number of ether oxygens (including phenoxy) is 1. The lowest BCUT2D eigenvalue weighted by Crippen LogP contribution is -1.97. The zero-order valence-electron chi connectivity index (χ0n) is 16.0. The van der Waals surface area contributed by atoms with Crippen LogP contribution in [0.15, 0.2) is 24.3 Å². The minimum absolute atomic E-state index is 0.974. The van der Waals surface area contributed by atoms with E-state index in [0.717, 1.165) is 13.2 Å². The molecule has 0 unspecified atom stereocenters. The van der Waals surface area contributed by atoms with Gasteiger partial charge in [0.2, 0.25) is 0 Å². The second-order valence-corrected chi connectivity index (χ2v) is 6.57. The van der Waals surface area contributed by atoms with Gasteiger partial charge in [0, 0.05) is 13.2 Å². The molecule has 0 radical (unpaired) electrons. The smallest absolute Gasteiger partial charge is 0.0466 e. The van der Waals surface area contributed by atoms with Crippen LogP contribution in [0.4, 0.5) is 0 Å². The minimum atomic E-state index is 0.974. The molecule has 0 N–H and O–H groups in total. The summed E-state index contributed by atoms with van der Waals surface area (Å²) in [5.74, 6) is 0. The average Bonchev–Trinajstić information content (AvgIpc) is 2.57. The van der Waals surface area contributed by atoms with Gasteiger partial charge in [-0.15, -0.1) is 0 Å². The van der Waals surface area contributed by atoms with Crippen molar-refractivity contribution in [1.82, 2.24) is 0 Å². The summed E-state index contributed by atoms with van der Waals surface area (Å²) in [6, 6.07) is 0. The summed E-state index contributed by atoms with van der Waals surface area (Å²) in [5, 5.41) is 0. The summed E-state index contributed by atoms with van der Waals surface area (Å²) in [5.41, 5.74) is 0. The summed E-state index contributed by atoms with van der Waals surface area (Å²) in [4.78, 5) is 0. The van der Waals surface area contributed by atoms with Crippen LogP contribution < -0.4 is 0 Å². The van der Waals surface area contributed by atoms with E-state index in [1.165, 1.54) is 89.9 Å². The monoisotopic (exact) mass is 322 g/mol. The number of unbranched alkanes of at least 4 members (excludes halogenated alkanes) is 12. The van der Waals surface area contributed by atoms with Crippen LogP contribution in [0.3, 0.4) is 0 Å². The SMILES string of the molecule is CC=CCCCCCCCCOCCCCCCCCC=CC. The van der Waals surface area contributed by atoms with Crippen LogP contribution in [0.1, 0.15) is 104 Å². The highest BCUT2D eigenvalue weighted by atomic mass is 16.5. The first kappa shape index (κ1) is 22.4. The normalized spacial score (nSPS) is 11.9. The molecule has 0 aliphatic heterocycles. The quantitative estimate of drug-likeness (QED) is 0.186. The Morgan fingerprint density at radius 1 is 0.478 bits per heavy atom. The number of allylic oxidation sites excluding steroid dienone is 4.